The molecular formula is C22H23N3O4. The van der Waals surface area contributed by atoms with E-state index in [-0.39, 0.29) is 11.8 Å². The Labute approximate surface area is 169 Å². The number of imide groups is 1. The minimum atomic E-state index is -0.882. The molecule has 4 rings (SSSR count). The van der Waals surface area contributed by atoms with E-state index in [2.05, 4.69) is 5.43 Å². The highest BCUT2D eigenvalue weighted by atomic mass is 16.5. The molecule has 7 heteroatoms. The molecule has 1 fully saturated rings. The molecule has 2 aliphatic heterocycles. The normalized spacial score (nSPS) is 25.1. The third-order valence-corrected chi connectivity index (χ3v) is 5.49. The average Bonchev–Trinajstić information content (AvgIpc) is 2.99. The molecule has 0 unspecified atom stereocenters. The van der Waals surface area contributed by atoms with Crippen molar-refractivity contribution in [3.63, 3.8) is 0 Å². The number of nitrogens with one attached hydrogen (secondary N) is 1. The Kier molecular flexibility index (Phi) is 5.08. The van der Waals surface area contributed by atoms with E-state index in [1.165, 1.54) is 7.05 Å². The maximum atomic E-state index is 12.8. The number of rotatable bonds is 5. The van der Waals surface area contributed by atoms with Crippen LogP contribution in [-0.2, 0) is 9.59 Å². The minimum absolute atomic E-state index is 0.245. The number of likely N-dealkylation sites (tertiary alicyclic amines) is 1. The van der Waals surface area contributed by atoms with Gasteiger partial charge in [0.05, 0.1) is 25.2 Å². The van der Waals surface area contributed by atoms with E-state index in [4.69, 9.17) is 4.74 Å². The van der Waals surface area contributed by atoms with Gasteiger partial charge in [0.25, 0.3) is 0 Å². The summed E-state index contributed by atoms with van der Waals surface area (Å²) >= 11 is 0. The number of hydrogen-bond donors (Lipinski definition) is 2. The van der Waals surface area contributed by atoms with E-state index >= 15 is 0 Å². The summed E-state index contributed by atoms with van der Waals surface area (Å²) in [6.07, 6.45) is 2.64. The van der Waals surface area contributed by atoms with Crippen LogP contribution in [0.2, 0.25) is 0 Å². The number of fused-ring (bicyclic) bond motifs is 1. The second kappa shape index (κ2) is 7.69. The first-order valence-corrected chi connectivity index (χ1v) is 9.43. The van der Waals surface area contributed by atoms with Crippen LogP contribution < -0.4 is 10.2 Å². The van der Waals surface area contributed by atoms with Crippen LogP contribution in [0.5, 0.6) is 5.75 Å². The van der Waals surface area contributed by atoms with Gasteiger partial charge in [0, 0.05) is 12.7 Å². The first-order valence-electron chi connectivity index (χ1n) is 9.43. The number of methoxy groups -OCH3 is 1. The van der Waals surface area contributed by atoms with Crippen molar-refractivity contribution in [1.82, 2.24) is 9.91 Å². The van der Waals surface area contributed by atoms with Crippen molar-refractivity contribution in [3.05, 3.63) is 72.3 Å². The van der Waals surface area contributed by atoms with Crippen LogP contribution in [0.3, 0.4) is 0 Å². The predicted octanol–water partition coefficient (Wildman–Crippen LogP) is 1.98. The molecule has 29 heavy (non-hydrogen) atoms. The number of carbonyl (C=O) groups excluding carboxylic acids is 2. The van der Waals surface area contributed by atoms with Gasteiger partial charge in [-0.15, -0.1) is 0 Å². The molecule has 150 valence electrons. The molecule has 0 aliphatic carbocycles. The van der Waals surface area contributed by atoms with Crippen LogP contribution in [0.4, 0.5) is 5.69 Å². The van der Waals surface area contributed by atoms with Crippen molar-refractivity contribution >= 4 is 17.5 Å². The smallest absolute Gasteiger partial charge is 0.249 e. The molecule has 0 spiro atoms. The lowest BCUT2D eigenvalue weighted by molar-refractivity contribution is -0.138. The number of nitrogens with zero attached hydrogens (tertiary/aromatic N) is 2. The van der Waals surface area contributed by atoms with Gasteiger partial charge in [0.1, 0.15) is 11.8 Å². The van der Waals surface area contributed by atoms with Gasteiger partial charge in [0.15, 0.2) is 0 Å². The Hall–Kier alpha value is -3.16. The lowest BCUT2D eigenvalue weighted by Gasteiger charge is -2.40. The monoisotopic (exact) mass is 393 g/mol. The molecule has 0 bridgehead atoms. The Bertz CT molecular complexity index is 929. The molecular weight excluding hydrogens is 370 g/mol. The maximum absolute atomic E-state index is 12.8. The second-order valence-electron chi connectivity index (χ2n) is 7.18. The first kappa shape index (κ1) is 19.2. The fourth-order valence-corrected chi connectivity index (χ4v) is 3.87. The quantitative estimate of drug-likeness (QED) is 0.597. The molecule has 2 aromatic rings. The maximum Gasteiger partial charge on any atom is 0.249 e. The van der Waals surface area contributed by atoms with Gasteiger partial charge >= 0.3 is 0 Å². The Morgan fingerprint density at radius 1 is 1.00 bits per heavy atom. The van der Waals surface area contributed by atoms with Crippen molar-refractivity contribution in [2.45, 2.75) is 18.2 Å². The molecule has 7 nitrogen and oxygen atoms in total. The fourth-order valence-electron chi connectivity index (χ4n) is 3.87. The van der Waals surface area contributed by atoms with Gasteiger partial charge < -0.3 is 15.3 Å². The summed E-state index contributed by atoms with van der Waals surface area (Å²) in [4.78, 5) is 26.5. The minimum Gasteiger partial charge on any atom is -0.497 e. The highest BCUT2D eigenvalue weighted by Gasteiger charge is 2.52. The number of benzene rings is 2. The Morgan fingerprint density at radius 3 is 2.34 bits per heavy atom. The topological polar surface area (TPSA) is 82.1 Å². The zero-order valence-corrected chi connectivity index (χ0v) is 16.2. The Morgan fingerprint density at radius 2 is 1.69 bits per heavy atom. The zero-order chi connectivity index (χ0) is 20.5. The lowest BCUT2D eigenvalue weighted by atomic mass is 9.90. The van der Waals surface area contributed by atoms with Gasteiger partial charge in [0.2, 0.25) is 11.8 Å². The van der Waals surface area contributed by atoms with Gasteiger partial charge in [-0.1, -0.05) is 42.5 Å². The number of likely N-dealkylation sites (N-methyl/N-ethyl adjacent to an activating group) is 1. The largest absolute Gasteiger partial charge is 0.497 e. The van der Waals surface area contributed by atoms with Crippen molar-refractivity contribution in [2.75, 3.05) is 19.6 Å². The van der Waals surface area contributed by atoms with E-state index in [1.807, 2.05) is 42.5 Å². The third-order valence-electron chi connectivity index (χ3n) is 5.49. The molecule has 2 aromatic carbocycles. The molecule has 1 saturated heterocycles. The summed E-state index contributed by atoms with van der Waals surface area (Å²) in [6, 6.07) is 15.2. The van der Waals surface area contributed by atoms with Crippen LogP contribution in [0.1, 0.15) is 11.7 Å². The SMILES string of the molecule is COc1ccc(NN2[C@@H]([C@H](O)c3ccccc3)C=C[C@H]3C(=O)N(C)C(=O)[C@H]32)cc1. The fraction of sp³-hybridized carbons (Fsp3) is 0.273. The summed E-state index contributed by atoms with van der Waals surface area (Å²) in [5.41, 5.74) is 4.69. The van der Waals surface area contributed by atoms with Gasteiger partial charge in [-0.25, -0.2) is 5.01 Å². The first-order chi connectivity index (χ1) is 14.0. The zero-order valence-electron chi connectivity index (χ0n) is 16.2. The number of aliphatic hydroxyl groups excluding tert-OH is 1. The summed E-state index contributed by atoms with van der Waals surface area (Å²) in [6.45, 7) is 0. The standard InChI is InChI=1S/C22H23N3O4/c1-24-21(27)17-12-13-18(20(26)14-6-4-3-5-7-14)25(19(17)22(24)28)23-15-8-10-16(29-2)11-9-15/h3-13,17-20,23,26H,1-2H3/t17-,18-,19+,20-/m1/s1. The molecule has 0 radical (unpaired) electrons. The summed E-state index contributed by atoms with van der Waals surface area (Å²) in [5.74, 6) is -0.418. The number of hydrogen-bond acceptors (Lipinski definition) is 6. The van der Waals surface area contributed by atoms with Crippen LogP contribution in [0.25, 0.3) is 0 Å². The number of carbonyl (C=O) groups is 2. The van der Waals surface area contributed by atoms with Crippen LogP contribution in [-0.4, -0.2) is 53.1 Å². The van der Waals surface area contributed by atoms with E-state index < -0.39 is 24.1 Å². The highest BCUT2D eigenvalue weighted by Crippen LogP contribution is 2.35. The number of amides is 2. The summed E-state index contributed by atoms with van der Waals surface area (Å²) in [7, 11) is 3.08. The van der Waals surface area contributed by atoms with Crippen LogP contribution in [0, 0.1) is 5.92 Å². The Balaban J connectivity index is 1.70. The molecule has 2 amide bonds. The van der Waals surface area contributed by atoms with Crippen LogP contribution in [0.15, 0.2) is 66.7 Å². The van der Waals surface area contributed by atoms with E-state index in [9.17, 15) is 14.7 Å². The van der Waals surface area contributed by atoms with E-state index in [1.54, 1.807) is 36.4 Å². The second-order valence-corrected chi connectivity index (χ2v) is 7.18. The average molecular weight is 393 g/mol. The highest BCUT2D eigenvalue weighted by molar-refractivity contribution is 6.08. The van der Waals surface area contributed by atoms with Gasteiger partial charge in [-0.2, -0.15) is 0 Å². The van der Waals surface area contributed by atoms with Gasteiger partial charge in [-0.3, -0.25) is 14.5 Å². The summed E-state index contributed by atoms with van der Waals surface area (Å²) in [5, 5.41) is 12.7. The molecule has 4 atom stereocenters. The van der Waals surface area contributed by atoms with Gasteiger partial charge in [-0.05, 0) is 29.8 Å². The van der Waals surface area contributed by atoms with E-state index in [0.29, 0.717) is 5.75 Å². The molecule has 2 N–H and O–H groups in total. The van der Waals surface area contributed by atoms with Crippen molar-refractivity contribution in [3.8, 4) is 5.75 Å². The van der Waals surface area contributed by atoms with Crippen LogP contribution >= 0.6 is 0 Å². The number of ether oxygens (including phenoxy) is 1. The number of hydrazine groups is 1. The predicted molar refractivity (Wildman–Crippen MR) is 108 cm³/mol. The van der Waals surface area contributed by atoms with E-state index in [0.717, 1.165) is 16.2 Å². The molecule has 2 heterocycles. The van der Waals surface area contributed by atoms with Crippen molar-refractivity contribution < 1.29 is 19.4 Å². The third kappa shape index (κ3) is 3.39. The molecule has 0 saturated carbocycles. The lowest BCUT2D eigenvalue weighted by Crippen LogP contribution is -2.55. The molecule has 0 aromatic heterocycles. The van der Waals surface area contributed by atoms with Crippen molar-refractivity contribution in [1.29, 1.82) is 0 Å². The van der Waals surface area contributed by atoms with Crippen molar-refractivity contribution in [2.24, 2.45) is 5.92 Å². The summed E-state index contributed by atoms with van der Waals surface area (Å²) < 4.78 is 5.19. The molecule has 2 aliphatic rings. The number of anilines is 1. The number of aliphatic hydroxyl groups is 1.